The summed E-state index contributed by atoms with van der Waals surface area (Å²) in [5.41, 5.74) is 6.18. The summed E-state index contributed by atoms with van der Waals surface area (Å²) in [6.07, 6.45) is 1.64. The minimum atomic E-state index is -0.133. The predicted molar refractivity (Wildman–Crippen MR) is 79.1 cm³/mol. The van der Waals surface area contributed by atoms with Gasteiger partial charge in [-0.05, 0) is 29.8 Å². The van der Waals surface area contributed by atoms with E-state index in [0.717, 1.165) is 10.5 Å². The Bertz CT molecular complexity index is 546. The van der Waals surface area contributed by atoms with Crippen molar-refractivity contribution in [3.63, 3.8) is 0 Å². The van der Waals surface area contributed by atoms with Crippen molar-refractivity contribution in [2.45, 2.75) is 11.5 Å². The molecule has 0 aliphatic heterocycles. The number of aliphatic hydroxyl groups excluding tert-OH is 1. The lowest BCUT2D eigenvalue weighted by atomic mass is 10.2. The molecule has 3 N–H and O–H groups in total. The minimum absolute atomic E-state index is 0.0272. The van der Waals surface area contributed by atoms with E-state index < -0.39 is 0 Å². The zero-order valence-corrected chi connectivity index (χ0v) is 11.6. The fourth-order valence-electron chi connectivity index (χ4n) is 1.45. The smallest absolute Gasteiger partial charge is 0.248 e. The van der Waals surface area contributed by atoms with Crippen LogP contribution in [0, 0.1) is 0 Å². The average Bonchev–Trinajstić information content (AvgIpc) is 2.52. The average molecular weight is 289 g/mol. The van der Waals surface area contributed by atoms with Crippen LogP contribution < -0.4 is 10.9 Å². The van der Waals surface area contributed by atoms with Crippen LogP contribution in [0.3, 0.4) is 0 Å². The van der Waals surface area contributed by atoms with E-state index in [1.54, 1.807) is 18.3 Å². The molecule has 0 atom stereocenters. The second-order valence-electron chi connectivity index (χ2n) is 3.98. The van der Waals surface area contributed by atoms with Gasteiger partial charge >= 0.3 is 0 Å². The number of thioether (sulfide) groups is 1. The number of hydrazine groups is 1. The summed E-state index contributed by atoms with van der Waals surface area (Å²) in [6.45, 7) is 0.0272. The van der Waals surface area contributed by atoms with Crippen molar-refractivity contribution in [3.05, 3.63) is 54.2 Å². The number of aromatic nitrogens is 1. The number of rotatable bonds is 6. The molecule has 0 spiro atoms. The fourth-order valence-corrected chi connectivity index (χ4v) is 2.14. The highest BCUT2D eigenvalue weighted by atomic mass is 32.2. The van der Waals surface area contributed by atoms with E-state index in [1.807, 2.05) is 30.3 Å². The number of amides is 1. The SMILES string of the molecule is O=C(CSc1ccc(CO)cc1)NNc1ccccn1. The fraction of sp³-hybridized carbons (Fsp3) is 0.143. The minimum Gasteiger partial charge on any atom is -0.392 e. The van der Waals surface area contributed by atoms with E-state index in [4.69, 9.17) is 5.11 Å². The first kappa shape index (κ1) is 14.4. The molecule has 1 amide bonds. The van der Waals surface area contributed by atoms with Crippen LogP contribution in [0.5, 0.6) is 0 Å². The number of carbonyl (C=O) groups is 1. The van der Waals surface area contributed by atoms with Gasteiger partial charge in [0.1, 0.15) is 5.82 Å². The van der Waals surface area contributed by atoms with Crippen LogP contribution in [0.1, 0.15) is 5.56 Å². The highest BCUT2D eigenvalue weighted by molar-refractivity contribution is 8.00. The van der Waals surface area contributed by atoms with E-state index in [-0.39, 0.29) is 12.5 Å². The number of carbonyl (C=O) groups excluding carboxylic acids is 1. The van der Waals surface area contributed by atoms with Crippen LogP contribution >= 0.6 is 11.8 Å². The number of nitrogens with zero attached hydrogens (tertiary/aromatic N) is 1. The van der Waals surface area contributed by atoms with Crippen molar-refractivity contribution >= 4 is 23.5 Å². The summed E-state index contributed by atoms with van der Waals surface area (Å²) >= 11 is 1.43. The summed E-state index contributed by atoms with van der Waals surface area (Å²) in [6, 6.07) is 12.9. The summed E-state index contributed by atoms with van der Waals surface area (Å²) in [5, 5.41) is 8.94. The molecule has 1 aromatic heterocycles. The zero-order valence-electron chi connectivity index (χ0n) is 10.7. The van der Waals surface area contributed by atoms with Crippen LogP contribution in [-0.4, -0.2) is 21.8 Å². The standard InChI is InChI=1S/C14H15N3O2S/c18-9-11-4-6-12(7-5-11)20-10-14(19)17-16-13-3-1-2-8-15-13/h1-8,18H,9-10H2,(H,15,16)(H,17,19). The maximum absolute atomic E-state index is 11.7. The molecule has 6 heteroatoms. The van der Waals surface area contributed by atoms with Crippen molar-refractivity contribution in [2.75, 3.05) is 11.2 Å². The Balaban J connectivity index is 1.74. The summed E-state index contributed by atoms with van der Waals surface area (Å²) in [4.78, 5) is 16.7. The number of nitrogens with one attached hydrogen (secondary N) is 2. The van der Waals surface area contributed by atoms with Crippen LogP contribution in [0.15, 0.2) is 53.6 Å². The van der Waals surface area contributed by atoms with Gasteiger partial charge in [-0.25, -0.2) is 4.98 Å². The van der Waals surface area contributed by atoms with Gasteiger partial charge < -0.3 is 5.11 Å². The molecular formula is C14H15N3O2S. The lowest BCUT2D eigenvalue weighted by molar-refractivity contribution is -0.118. The molecule has 0 radical (unpaired) electrons. The number of anilines is 1. The summed E-state index contributed by atoms with van der Waals surface area (Å²) < 4.78 is 0. The van der Waals surface area contributed by atoms with Gasteiger partial charge in [-0.1, -0.05) is 18.2 Å². The van der Waals surface area contributed by atoms with Crippen LogP contribution in [0.2, 0.25) is 0 Å². The first-order valence-corrected chi connectivity index (χ1v) is 7.05. The van der Waals surface area contributed by atoms with E-state index in [1.165, 1.54) is 11.8 Å². The molecule has 0 saturated carbocycles. The maximum Gasteiger partial charge on any atom is 0.248 e. The Morgan fingerprint density at radius 3 is 2.65 bits per heavy atom. The first-order chi connectivity index (χ1) is 9.78. The molecule has 5 nitrogen and oxygen atoms in total. The van der Waals surface area contributed by atoms with Crippen LogP contribution in [-0.2, 0) is 11.4 Å². The lowest BCUT2D eigenvalue weighted by Gasteiger charge is -2.07. The molecule has 2 rings (SSSR count). The van der Waals surface area contributed by atoms with E-state index >= 15 is 0 Å². The monoisotopic (exact) mass is 289 g/mol. The van der Waals surface area contributed by atoms with Crippen molar-refractivity contribution < 1.29 is 9.90 Å². The Hall–Kier alpha value is -2.05. The third-order valence-electron chi connectivity index (χ3n) is 2.47. The Morgan fingerprint density at radius 1 is 1.20 bits per heavy atom. The van der Waals surface area contributed by atoms with Crippen molar-refractivity contribution in [3.8, 4) is 0 Å². The molecule has 1 heterocycles. The van der Waals surface area contributed by atoms with Crippen molar-refractivity contribution in [1.82, 2.24) is 10.4 Å². The third-order valence-corrected chi connectivity index (χ3v) is 3.48. The number of hydrogen-bond acceptors (Lipinski definition) is 5. The van der Waals surface area contributed by atoms with Gasteiger partial charge in [0.25, 0.3) is 0 Å². The largest absolute Gasteiger partial charge is 0.392 e. The second kappa shape index (κ2) is 7.52. The van der Waals surface area contributed by atoms with E-state index in [2.05, 4.69) is 15.8 Å². The molecule has 0 fully saturated rings. The van der Waals surface area contributed by atoms with Crippen molar-refractivity contribution in [2.24, 2.45) is 0 Å². The van der Waals surface area contributed by atoms with E-state index in [9.17, 15) is 4.79 Å². The second-order valence-corrected chi connectivity index (χ2v) is 5.03. The third kappa shape index (κ3) is 4.56. The molecule has 20 heavy (non-hydrogen) atoms. The van der Waals surface area contributed by atoms with Crippen molar-refractivity contribution in [1.29, 1.82) is 0 Å². The van der Waals surface area contributed by atoms with Gasteiger partial charge in [-0.15, -0.1) is 11.8 Å². The number of benzene rings is 1. The Morgan fingerprint density at radius 2 is 2.00 bits per heavy atom. The van der Waals surface area contributed by atoms with Crippen LogP contribution in [0.4, 0.5) is 5.82 Å². The molecule has 0 saturated heterocycles. The number of pyridine rings is 1. The quantitative estimate of drug-likeness (QED) is 0.558. The molecule has 0 aliphatic rings. The molecule has 0 bridgehead atoms. The summed E-state index contributed by atoms with van der Waals surface area (Å²) in [5.74, 6) is 0.767. The Labute approximate surface area is 121 Å². The number of aliphatic hydroxyl groups is 1. The molecule has 104 valence electrons. The highest BCUT2D eigenvalue weighted by Crippen LogP contribution is 2.18. The van der Waals surface area contributed by atoms with E-state index in [0.29, 0.717) is 11.6 Å². The Kier molecular flexibility index (Phi) is 5.40. The lowest BCUT2D eigenvalue weighted by Crippen LogP contribution is -2.31. The zero-order chi connectivity index (χ0) is 14.2. The topological polar surface area (TPSA) is 74.2 Å². The predicted octanol–water partition coefficient (Wildman–Crippen LogP) is 1.81. The molecule has 0 aliphatic carbocycles. The van der Waals surface area contributed by atoms with Crippen LogP contribution in [0.25, 0.3) is 0 Å². The van der Waals surface area contributed by atoms with Gasteiger partial charge in [-0.3, -0.25) is 15.6 Å². The molecular weight excluding hydrogens is 274 g/mol. The van der Waals surface area contributed by atoms with Gasteiger partial charge in [0.15, 0.2) is 0 Å². The maximum atomic E-state index is 11.7. The summed E-state index contributed by atoms with van der Waals surface area (Å²) in [7, 11) is 0. The van der Waals surface area contributed by atoms with Gasteiger partial charge in [0.2, 0.25) is 5.91 Å². The first-order valence-electron chi connectivity index (χ1n) is 6.06. The molecule has 1 aromatic carbocycles. The highest BCUT2D eigenvalue weighted by Gasteiger charge is 2.03. The van der Waals surface area contributed by atoms with Gasteiger partial charge in [0.05, 0.1) is 12.4 Å². The number of hydrogen-bond donors (Lipinski definition) is 3. The normalized spacial score (nSPS) is 10.1. The molecule has 0 unspecified atom stereocenters. The van der Waals surface area contributed by atoms with Gasteiger partial charge in [-0.2, -0.15) is 0 Å². The van der Waals surface area contributed by atoms with Gasteiger partial charge in [0, 0.05) is 11.1 Å². The molecule has 2 aromatic rings.